The number of nitrogens with one attached hydrogen (secondary N) is 3. The van der Waals surface area contributed by atoms with Crippen LogP contribution in [0, 0.1) is 0 Å². The molecule has 0 aromatic heterocycles. The molecule has 6 atom stereocenters. The van der Waals surface area contributed by atoms with Crippen LogP contribution < -0.4 is 30.2 Å². The number of ether oxygens (including phenoxy) is 3. The third-order valence-corrected chi connectivity index (χ3v) is 10.4. The molecule has 1 fully saturated rings. The lowest BCUT2D eigenvalue weighted by Crippen LogP contribution is -2.62. The fourth-order valence-electron chi connectivity index (χ4n) is 6.86. The summed E-state index contributed by atoms with van der Waals surface area (Å²) >= 11 is 0. The first kappa shape index (κ1) is 42.0. The third kappa shape index (κ3) is 9.63. The molecule has 3 heterocycles. The Morgan fingerprint density at radius 3 is 1.91 bits per heavy atom. The molecule has 6 bridgehead atoms. The Labute approximate surface area is 331 Å². The van der Waals surface area contributed by atoms with Gasteiger partial charge in [0, 0.05) is 40.4 Å². The fourth-order valence-corrected chi connectivity index (χ4v) is 6.86. The maximum atomic E-state index is 14.7. The molecule has 6 amide bonds. The number of amides is 6. The molecule has 16 nitrogen and oxygen atoms in total. The minimum atomic E-state index is -1.50. The van der Waals surface area contributed by atoms with Gasteiger partial charge in [0.05, 0.1) is 20.8 Å². The van der Waals surface area contributed by atoms with E-state index in [1.54, 1.807) is 66.7 Å². The van der Waals surface area contributed by atoms with Crippen molar-refractivity contribution in [1.29, 1.82) is 0 Å². The van der Waals surface area contributed by atoms with Crippen molar-refractivity contribution >= 4 is 35.4 Å². The van der Waals surface area contributed by atoms with E-state index in [4.69, 9.17) is 14.2 Å². The van der Waals surface area contributed by atoms with Crippen molar-refractivity contribution in [1.82, 2.24) is 30.7 Å². The lowest BCUT2D eigenvalue weighted by Gasteiger charge is -2.37. The number of benzene rings is 3. The first-order valence-corrected chi connectivity index (χ1v) is 18.5. The second-order valence-corrected chi connectivity index (χ2v) is 14.3. The van der Waals surface area contributed by atoms with Crippen molar-refractivity contribution in [3.05, 3.63) is 83.4 Å². The Hall–Kier alpha value is -6.16. The van der Waals surface area contributed by atoms with Crippen LogP contribution in [0.3, 0.4) is 0 Å². The van der Waals surface area contributed by atoms with Crippen LogP contribution in [0.1, 0.15) is 30.5 Å². The highest BCUT2D eigenvalue weighted by atomic mass is 16.5. The van der Waals surface area contributed by atoms with Crippen molar-refractivity contribution < 1.29 is 48.1 Å². The van der Waals surface area contributed by atoms with E-state index in [1.807, 2.05) is 0 Å². The number of fused-ring (bicyclic) bond motifs is 2. The summed E-state index contributed by atoms with van der Waals surface area (Å²) in [4.78, 5) is 88.2. The minimum absolute atomic E-state index is 0.00390. The van der Waals surface area contributed by atoms with Gasteiger partial charge in [0.15, 0.2) is 11.5 Å². The lowest BCUT2D eigenvalue weighted by atomic mass is 9.98. The van der Waals surface area contributed by atoms with Crippen LogP contribution in [0.15, 0.2) is 66.7 Å². The zero-order chi connectivity index (χ0) is 41.6. The molecule has 3 aromatic carbocycles. The highest BCUT2D eigenvalue weighted by molar-refractivity contribution is 5.98. The van der Waals surface area contributed by atoms with Gasteiger partial charge in [0.2, 0.25) is 35.4 Å². The fraction of sp³-hybridized carbons (Fsp3) is 0.415. The molecule has 0 radical (unpaired) electrons. The van der Waals surface area contributed by atoms with Crippen molar-refractivity contribution in [3.8, 4) is 23.0 Å². The van der Waals surface area contributed by atoms with Crippen molar-refractivity contribution in [3.63, 3.8) is 0 Å². The van der Waals surface area contributed by atoms with Crippen LogP contribution in [0.25, 0.3) is 0 Å². The highest BCUT2D eigenvalue weighted by Crippen LogP contribution is 2.34. The molecule has 3 aliphatic rings. The van der Waals surface area contributed by atoms with Crippen LogP contribution in [0.4, 0.5) is 0 Å². The molecule has 6 rings (SSSR count). The summed E-state index contributed by atoms with van der Waals surface area (Å²) in [7, 11) is 7.27. The molecule has 57 heavy (non-hydrogen) atoms. The molecule has 304 valence electrons. The maximum Gasteiger partial charge on any atom is 0.247 e. The van der Waals surface area contributed by atoms with E-state index in [0.717, 1.165) is 4.90 Å². The normalized spacial score (nSPS) is 24.1. The van der Waals surface area contributed by atoms with Crippen LogP contribution in [0.2, 0.25) is 0 Å². The summed E-state index contributed by atoms with van der Waals surface area (Å²) in [6.07, 6.45) is -0.000603. The number of aliphatic hydroxyl groups is 1. The number of rotatable bonds is 5. The predicted molar refractivity (Wildman–Crippen MR) is 208 cm³/mol. The summed E-state index contributed by atoms with van der Waals surface area (Å²) < 4.78 is 16.9. The van der Waals surface area contributed by atoms with Crippen LogP contribution >= 0.6 is 0 Å². The molecule has 3 aromatic rings. The lowest BCUT2D eigenvalue weighted by molar-refractivity contribution is -0.149. The van der Waals surface area contributed by atoms with Crippen LogP contribution in [-0.2, 0) is 48.0 Å². The molecule has 0 saturated carbocycles. The number of carbonyl (C=O) groups is 6. The molecular weight excluding hydrogens is 736 g/mol. The van der Waals surface area contributed by atoms with Crippen molar-refractivity contribution in [2.45, 2.75) is 69.4 Å². The quantitative estimate of drug-likeness (QED) is 0.288. The third-order valence-electron chi connectivity index (χ3n) is 10.4. The summed E-state index contributed by atoms with van der Waals surface area (Å²) in [6.45, 7) is 2.05. The van der Waals surface area contributed by atoms with Gasteiger partial charge in [-0.25, -0.2) is 0 Å². The van der Waals surface area contributed by atoms with Gasteiger partial charge in [-0.1, -0.05) is 30.3 Å². The first-order valence-electron chi connectivity index (χ1n) is 18.5. The van der Waals surface area contributed by atoms with Gasteiger partial charge < -0.3 is 50.0 Å². The van der Waals surface area contributed by atoms with E-state index in [9.17, 15) is 33.9 Å². The van der Waals surface area contributed by atoms with E-state index < -0.39 is 78.3 Å². The van der Waals surface area contributed by atoms with Gasteiger partial charge in [-0.15, -0.1) is 0 Å². The number of aliphatic hydroxyl groups excluding tert-OH is 1. The van der Waals surface area contributed by atoms with Crippen LogP contribution in [0.5, 0.6) is 23.0 Å². The molecule has 4 N–H and O–H groups in total. The Kier molecular flexibility index (Phi) is 13.4. The van der Waals surface area contributed by atoms with Gasteiger partial charge in [-0.05, 0) is 66.9 Å². The zero-order valence-corrected chi connectivity index (χ0v) is 33.1. The van der Waals surface area contributed by atoms with E-state index in [0.29, 0.717) is 39.7 Å². The number of hydrogen-bond acceptors (Lipinski definition) is 10. The number of carbonyl (C=O) groups excluding carboxylic acids is 6. The molecule has 1 saturated heterocycles. The van der Waals surface area contributed by atoms with Gasteiger partial charge in [0.25, 0.3) is 0 Å². The SMILES string of the molecule is COc1ccc(C[C@@H]2C(=O)N[C@@H](C)C(=O)N(C)[C@H]3Cc4ccc(cc4)Oc4cc(ccc4OC)C[C@@H](C(=O)N[C@H](C)C(=O)N[C@H](CO)C(=O)N2C)N(C)C3=O)cc1. The topological polar surface area (TPSA) is 196 Å². The maximum absolute atomic E-state index is 14.7. The standard InChI is InChI=1S/C41H50N6O10/c1-23-36(49)44-30(22-48)40(53)45(3)31(18-25-8-13-28(55-6)14-9-25)38(51)43-24(2)39(52)47(5)33-19-26-10-15-29(16-11-26)57-35-21-27(12-17-34(35)56-7)20-32(37(50)42-23)46(4)41(33)54/h8-17,21,23-24,30-33,48H,18-20,22H2,1-7H3,(H,42,50)(H,43,51)(H,44,49)/t23-,24+,30-,31-,32+,33+/m1/s1. The van der Waals surface area contributed by atoms with Gasteiger partial charge in [-0.2, -0.15) is 0 Å². The number of nitrogens with zero attached hydrogens (tertiary/aromatic N) is 3. The number of methoxy groups -OCH3 is 2. The second kappa shape index (κ2) is 18.2. The summed E-state index contributed by atoms with van der Waals surface area (Å²) in [5.74, 6) is -2.28. The number of likely N-dealkylation sites (N-methyl/N-ethyl adjacent to an activating group) is 3. The van der Waals surface area contributed by atoms with Crippen molar-refractivity contribution in [2.75, 3.05) is 42.0 Å². The van der Waals surface area contributed by atoms with Gasteiger partial charge in [0.1, 0.15) is 47.8 Å². The molecule has 0 aliphatic carbocycles. The second-order valence-electron chi connectivity index (χ2n) is 14.3. The van der Waals surface area contributed by atoms with Crippen LogP contribution in [-0.4, -0.2) is 133 Å². The molecule has 16 heteroatoms. The van der Waals surface area contributed by atoms with E-state index in [-0.39, 0.29) is 19.3 Å². The summed E-state index contributed by atoms with van der Waals surface area (Å²) in [5, 5.41) is 18.2. The van der Waals surface area contributed by atoms with Gasteiger partial charge in [-0.3, -0.25) is 28.8 Å². The molecule has 0 unspecified atom stereocenters. The Morgan fingerprint density at radius 1 is 0.667 bits per heavy atom. The highest BCUT2D eigenvalue weighted by Gasteiger charge is 2.39. The molecular formula is C41H50N6O10. The Bertz CT molecular complexity index is 1970. The van der Waals surface area contributed by atoms with E-state index >= 15 is 0 Å². The summed E-state index contributed by atoms with van der Waals surface area (Å²) in [5.41, 5.74) is 1.92. The monoisotopic (exact) mass is 786 g/mol. The van der Waals surface area contributed by atoms with Gasteiger partial charge >= 0.3 is 0 Å². The predicted octanol–water partition coefficient (Wildman–Crippen LogP) is 0.819. The zero-order valence-electron chi connectivity index (χ0n) is 33.1. The average molecular weight is 787 g/mol. The molecule has 0 spiro atoms. The number of hydrogen-bond donors (Lipinski definition) is 4. The van der Waals surface area contributed by atoms with E-state index in [2.05, 4.69) is 16.0 Å². The summed E-state index contributed by atoms with van der Waals surface area (Å²) in [6, 6.07) is 11.4. The minimum Gasteiger partial charge on any atom is -0.497 e. The van der Waals surface area contributed by atoms with E-state index in [1.165, 1.54) is 59.0 Å². The largest absolute Gasteiger partial charge is 0.497 e. The average Bonchev–Trinajstić information content (AvgIpc) is 3.21. The van der Waals surface area contributed by atoms with Crippen molar-refractivity contribution in [2.24, 2.45) is 0 Å². The Balaban J connectivity index is 1.59. The Morgan fingerprint density at radius 2 is 1.28 bits per heavy atom. The first-order chi connectivity index (χ1) is 27.1. The molecule has 3 aliphatic heterocycles. The smallest absolute Gasteiger partial charge is 0.247 e.